The van der Waals surface area contributed by atoms with Crippen LogP contribution in [-0.2, 0) is 14.8 Å². The van der Waals surface area contributed by atoms with Crippen LogP contribution in [0.3, 0.4) is 0 Å². The second-order valence-corrected chi connectivity index (χ2v) is 11.1. The molecule has 0 spiro atoms. The van der Waals surface area contributed by atoms with E-state index in [4.69, 9.17) is 9.47 Å². The number of likely N-dealkylation sites (N-methyl/N-ethyl adjacent to an activating group) is 1. The molecule has 1 amide bonds. The second-order valence-electron chi connectivity index (χ2n) is 8.50. The minimum absolute atomic E-state index is 0.0906. The lowest BCUT2D eigenvalue weighted by Gasteiger charge is -2.12. The van der Waals surface area contributed by atoms with Crippen molar-refractivity contribution in [3.05, 3.63) is 58.5 Å². The van der Waals surface area contributed by atoms with Crippen LogP contribution in [0, 0.1) is 6.92 Å². The van der Waals surface area contributed by atoms with Gasteiger partial charge in [-0.25, -0.2) is 0 Å². The maximum Gasteiger partial charge on any atom is 0.284 e. The Labute approximate surface area is 218 Å². The third-order valence-electron chi connectivity index (χ3n) is 5.71. The average molecular weight is 531 g/mol. The van der Waals surface area contributed by atoms with Crippen LogP contribution in [-0.4, -0.2) is 44.7 Å². The fourth-order valence-electron chi connectivity index (χ4n) is 3.65. The summed E-state index contributed by atoms with van der Waals surface area (Å²) in [5.74, 6) is 0.949. The molecule has 1 aliphatic heterocycles. The molecule has 0 aliphatic carbocycles. The van der Waals surface area contributed by atoms with Crippen molar-refractivity contribution in [2.24, 2.45) is 4.40 Å². The smallest absolute Gasteiger partial charge is 0.284 e. The summed E-state index contributed by atoms with van der Waals surface area (Å²) in [6.45, 7) is 6.78. The highest BCUT2D eigenvalue weighted by molar-refractivity contribution is 8.19. The summed E-state index contributed by atoms with van der Waals surface area (Å²) in [5, 5.41) is 0.143. The third kappa shape index (κ3) is 7.13. The molecule has 0 saturated carbocycles. The standard InChI is InChI=1S/C27H34N2O5S2/c1-5-7-8-9-10-17-34-23-16-13-21(18-24(23)33-4)19-25-26(30)29(6-2)27(35-25)28-36(31,32)22-14-11-20(3)12-15-22/h11-16,18-19H,5-10,17H2,1-4H3/b25-19-,28-27+. The van der Waals surface area contributed by atoms with Gasteiger partial charge in [0.1, 0.15) is 0 Å². The Morgan fingerprint density at radius 3 is 2.39 bits per heavy atom. The van der Waals surface area contributed by atoms with Crippen molar-refractivity contribution < 1.29 is 22.7 Å². The number of benzene rings is 2. The van der Waals surface area contributed by atoms with Crippen molar-refractivity contribution >= 4 is 38.9 Å². The molecule has 0 atom stereocenters. The van der Waals surface area contributed by atoms with Crippen LogP contribution in [0.2, 0.25) is 0 Å². The van der Waals surface area contributed by atoms with Gasteiger partial charge in [-0.05, 0) is 67.9 Å². The summed E-state index contributed by atoms with van der Waals surface area (Å²) < 4.78 is 41.0. The van der Waals surface area contributed by atoms with Crippen molar-refractivity contribution in [1.29, 1.82) is 0 Å². The van der Waals surface area contributed by atoms with E-state index in [1.807, 2.05) is 25.1 Å². The summed E-state index contributed by atoms with van der Waals surface area (Å²) in [4.78, 5) is 14.8. The predicted octanol–water partition coefficient (Wildman–Crippen LogP) is 6.03. The maximum atomic E-state index is 13.0. The van der Waals surface area contributed by atoms with E-state index < -0.39 is 10.0 Å². The molecular formula is C27H34N2O5S2. The lowest BCUT2D eigenvalue weighted by Crippen LogP contribution is -2.29. The topological polar surface area (TPSA) is 85.3 Å². The zero-order chi connectivity index (χ0) is 26.1. The molecule has 2 aromatic carbocycles. The van der Waals surface area contributed by atoms with Crippen LogP contribution in [0.4, 0.5) is 0 Å². The van der Waals surface area contributed by atoms with Gasteiger partial charge in [0.2, 0.25) is 0 Å². The number of amides is 1. The van der Waals surface area contributed by atoms with Crippen molar-refractivity contribution in [2.45, 2.75) is 57.8 Å². The number of thioether (sulfide) groups is 1. The van der Waals surface area contributed by atoms with Gasteiger partial charge < -0.3 is 9.47 Å². The van der Waals surface area contributed by atoms with Gasteiger partial charge in [0.25, 0.3) is 15.9 Å². The van der Waals surface area contributed by atoms with Gasteiger partial charge in [-0.15, -0.1) is 4.40 Å². The lowest BCUT2D eigenvalue weighted by molar-refractivity contribution is -0.122. The maximum absolute atomic E-state index is 13.0. The molecule has 0 unspecified atom stereocenters. The molecule has 0 aromatic heterocycles. The van der Waals surface area contributed by atoms with Crippen molar-refractivity contribution in [1.82, 2.24) is 4.90 Å². The van der Waals surface area contributed by atoms with E-state index in [-0.39, 0.29) is 16.0 Å². The molecule has 0 radical (unpaired) electrons. The molecule has 3 rings (SSSR count). The number of unbranched alkanes of at least 4 members (excludes halogenated alkanes) is 4. The number of carbonyl (C=O) groups excluding carboxylic acids is 1. The summed E-state index contributed by atoms with van der Waals surface area (Å²) in [5.41, 5.74) is 1.70. The minimum Gasteiger partial charge on any atom is -0.493 e. The second kappa shape index (κ2) is 13.0. The van der Waals surface area contributed by atoms with Gasteiger partial charge >= 0.3 is 0 Å². The van der Waals surface area contributed by atoms with E-state index in [1.165, 1.54) is 36.3 Å². The summed E-state index contributed by atoms with van der Waals surface area (Å²) in [6, 6.07) is 12.0. The Morgan fingerprint density at radius 2 is 1.72 bits per heavy atom. The van der Waals surface area contributed by atoms with Crippen LogP contribution < -0.4 is 9.47 Å². The number of rotatable bonds is 12. The molecule has 2 aromatic rings. The highest BCUT2D eigenvalue weighted by Gasteiger charge is 2.34. The van der Waals surface area contributed by atoms with Crippen molar-refractivity contribution in [3.63, 3.8) is 0 Å². The largest absolute Gasteiger partial charge is 0.493 e. The Hall–Kier alpha value is -2.78. The molecule has 1 heterocycles. The SMILES string of the molecule is CCCCCCCOc1ccc(/C=C2\S/C(=N/S(=O)(=O)c3ccc(C)cc3)N(CC)C2=O)cc1OC. The zero-order valence-corrected chi connectivity index (χ0v) is 23.0. The predicted molar refractivity (Wildman–Crippen MR) is 146 cm³/mol. The number of amidine groups is 1. The van der Waals surface area contributed by atoms with E-state index in [1.54, 1.807) is 32.2 Å². The normalized spacial score (nSPS) is 16.2. The Morgan fingerprint density at radius 1 is 1.00 bits per heavy atom. The first-order chi connectivity index (χ1) is 17.3. The Balaban J connectivity index is 1.77. The van der Waals surface area contributed by atoms with E-state index in [2.05, 4.69) is 11.3 Å². The first kappa shape index (κ1) is 27.8. The molecule has 1 fully saturated rings. The van der Waals surface area contributed by atoms with Crippen LogP contribution in [0.1, 0.15) is 57.1 Å². The first-order valence-corrected chi connectivity index (χ1v) is 14.5. The number of methoxy groups -OCH3 is 1. The number of hydrogen-bond donors (Lipinski definition) is 0. The number of aryl methyl sites for hydroxylation is 1. The Kier molecular flexibility index (Phi) is 10.0. The van der Waals surface area contributed by atoms with Crippen LogP contribution in [0.15, 0.2) is 56.7 Å². The molecule has 7 nitrogen and oxygen atoms in total. The number of sulfonamides is 1. The molecule has 36 heavy (non-hydrogen) atoms. The molecule has 1 saturated heterocycles. The average Bonchev–Trinajstić information content (AvgIpc) is 3.14. The van der Waals surface area contributed by atoms with Gasteiger partial charge in [-0.3, -0.25) is 9.69 Å². The highest BCUT2D eigenvalue weighted by Crippen LogP contribution is 2.35. The van der Waals surface area contributed by atoms with Crippen LogP contribution >= 0.6 is 11.8 Å². The fraction of sp³-hybridized carbons (Fsp3) is 0.407. The molecule has 9 heteroatoms. The summed E-state index contributed by atoms with van der Waals surface area (Å²) in [7, 11) is -2.37. The van der Waals surface area contributed by atoms with Crippen LogP contribution in [0.5, 0.6) is 11.5 Å². The van der Waals surface area contributed by atoms with E-state index in [9.17, 15) is 13.2 Å². The van der Waals surface area contributed by atoms with Gasteiger partial charge in [0.05, 0.1) is 23.5 Å². The van der Waals surface area contributed by atoms with Crippen LogP contribution in [0.25, 0.3) is 6.08 Å². The van der Waals surface area contributed by atoms with E-state index >= 15 is 0 Å². The Bertz CT molecular complexity index is 1220. The van der Waals surface area contributed by atoms with Gasteiger partial charge in [0, 0.05) is 6.54 Å². The molecule has 1 aliphatic rings. The number of nitrogens with zero attached hydrogens (tertiary/aromatic N) is 2. The first-order valence-electron chi connectivity index (χ1n) is 12.2. The van der Waals surface area contributed by atoms with Crippen molar-refractivity contribution in [2.75, 3.05) is 20.3 Å². The van der Waals surface area contributed by atoms with E-state index in [0.717, 1.165) is 35.7 Å². The fourth-order valence-corrected chi connectivity index (χ4v) is 5.90. The highest BCUT2D eigenvalue weighted by atomic mass is 32.2. The van der Waals surface area contributed by atoms with Gasteiger partial charge in [0.15, 0.2) is 16.7 Å². The minimum atomic E-state index is -3.95. The molecule has 194 valence electrons. The van der Waals surface area contributed by atoms with E-state index in [0.29, 0.717) is 29.6 Å². The zero-order valence-electron chi connectivity index (χ0n) is 21.3. The quantitative estimate of drug-likeness (QED) is 0.246. The molecule has 0 N–H and O–H groups in total. The van der Waals surface area contributed by atoms with Gasteiger partial charge in [-0.1, -0.05) is 56.4 Å². The number of hydrogen-bond acceptors (Lipinski definition) is 6. The lowest BCUT2D eigenvalue weighted by atomic mass is 10.1. The monoisotopic (exact) mass is 530 g/mol. The number of ether oxygens (including phenoxy) is 2. The molecular weight excluding hydrogens is 496 g/mol. The van der Waals surface area contributed by atoms with Crippen molar-refractivity contribution in [3.8, 4) is 11.5 Å². The third-order valence-corrected chi connectivity index (χ3v) is 8.12. The summed E-state index contributed by atoms with van der Waals surface area (Å²) in [6.07, 6.45) is 7.49. The van der Waals surface area contributed by atoms with Gasteiger partial charge in [-0.2, -0.15) is 8.42 Å². The number of carbonyl (C=O) groups is 1. The molecule has 0 bridgehead atoms. The summed E-state index contributed by atoms with van der Waals surface area (Å²) >= 11 is 1.05.